The van der Waals surface area contributed by atoms with E-state index in [2.05, 4.69) is 43.5 Å². The molecule has 0 unspecified atom stereocenters. The summed E-state index contributed by atoms with van der Waals surface area (Å²) in [7, 11) is 0. The number of hydrogen-bond donors (Lipinski definition) is 0. The molecule has 0 fully saturated rings. The van der Waals surface area contributed by atoms with Gasteiger partial charge in [-0.3, -0.25) is 4.79 Å². The minimum absolute atomic E-state index is 0.142. The van der Waals surface area contributed by atoms with Crippen molar-refractivity contribution in [3.05, 3.63) is 60.2 Å². The molecule has 0 saturated heterocycles. The Morgan fingerprint density at radius 1 is 1.12 bits per heavy atom. The molecule has 26 heavy (non-hydrogen) atoms. The average molecular weight is 368 g/mol. The molecule has 0 aliphatic heterocycles. The van der Waals surface area contributed by atoms with Crippen LogP contribution in [0, 0.1) is 0 Å². The number of hydrogen-bond acceptors (Lipinski definition) is 3. The van der Waals surface area contributed by atoms with Gasteiger partial charge in [0.25, 0.3) is 0 Å². The Morgan fingerprint density at radius 3 is 2.50 bits per heavy atom. The zero-order chi connectivity index (χ0) is 18.5. The van der Waals surface area contributed by atoms with Crippen molar-refractivity contribution in [3.63, 3.8) is 0 Å². The van der Waals surface area contributed by atoms with E-state index in [4.69, 9.17) is 4.98 Å². The van der Waals surface area contributed by atoms with Gasteiger partial charge in [0.2, 0.25) is 5.91 Å². The fourth-order valence-electron chi connectivity index (χ4n) is 3.02. The molecule has 3 aromatic rings. The Hall–Kier alpha value is -2.27. The van der Waals surface area contributed by atoms with Gasteiger partial charge in [-0.05, 0) is 38.5 Å². The van der Waals surface area contributed by atoms with Crippen LogP contribution in [-0.2, 0) is 17.9 Å². The topological polar surface area (TPSA) is 38.1 Å². The number of aryl methyl sites for hydroxylation is 1. The van der Waals surface area contributed by atoms with Crippen LogP contribution < -0.4 is 0 Å². The van der Waals surface area contributed by atoms with E-state index in [-0.39, 0.29) is 11.9 Å². The second kappa shape index (κ2) is 8.41. The van der Waals surface area contributed by atoms with Crippen LogP contribution in [0.25, 0.3) is 11.0 Å². The normalized spacial score (nSPS) is 11.2. The fraction of sp³-hybridized carbons (Fsp3) is 0.333. The minimum atomic E-state index is 0.142. The van der Waals surface area contributed by atoms with Crippen LogP contribution in [0.4, 0.5) is 0 Å². The van der Waals surface area contributed by atoms with E-state index in [1.54, 1.807) is 0 Å². The van der Waals surface area contributed by atoms with E-state index < -0.39 is 0 Å². The summed E-state index contributed by atoms with van der Waals surface area (Å²) in [5.41, 5.74) is 3.25. The number of imidazole rings is 1. The van der Waals surface area contributed by atoms with Crippen LogP contribution in [0.1, 0.15) is 26.3 Å². The fourth-order valence-corrected chi connectivity index (χ4v) is 3.98. The van der Waals surface area contributed by atoms with Crippen molar-refractivity contribution in [2.75, 3.05) is 5.75 Å². The molecule has 0 N–H and O–H groups in total. The first-order valence-corrected chi connectivity index (χ1v) is 10.00. The van der Waals surface area contributed by atoms with Crippen molar-refractivity contribution >= 4 is 28.7 Å². The van der Waals surface area contributed by atoms with Crippen molar-refractivity contribution in [1.29, 1.82) is 0 Å². The molecule has 0 saturated carbocycles. The minimum Gasteiger partial charge on any atom is -0.335 e. The zero-order valence-corrected chi connectivity index (χ0v) is 16.4. The van der Waals surface area contributed by atoms with Gasteiger partial charge in [-0.25, -0.2) is 4.98 Å². The first kappa shape index (κ1) is 18.5. The summed E-state index contributed by atoms with van der Waals surface area (Å²) < 4.78 is 2.17. The summed E-state index contributed by atoms with van der Waals surface area (Å²) in [6.07, 6.45) is 0. The van der Waals surface area contributed by atoms with E-state index in [1.165, 1.54) is 11.8 Å². The van der Waals surface area contributed by atoms with Gasteiger partial charge < -0.3 is 9.47 Å². The molecule has 4 nitrogen and oxygen atoms in total. The molecule has 0 spiro atoms. The molecule has 2 aromatic carbocycles. The maximum Gasteiger partial charge on any atom is 0.233 e. The van der Waals surface area contributed by atoms with Gasteiger partial charge in [-0.1, -0.05) is 54.2 Å². The molecule has 0 aliphatic carbocycles. The molecule has 1 aromatic heterocycles. The van der Waals surface area contributed by atoms with Crippen molar-refractivity contribution in [2.24, 2.45) is 0 Å². The average Bonchev–Trinajstić information content (AvgIpc) is 3.02. The van der Waals surface area contributed by atoms with Crippen molar-refractivity contribution in [1.82, 2.24) is 14.5 Å². The molecule has 1 heterocycles. The van der Waals surface area contributed by atoms with Crippen molar-refractivity contribution in [2.45, 2.75) is 45.1 Å². The van der Waals surface area contributed by atoms with Gasteiger partial charge in [-0.2, -0.15) is 0 Å². The Bertz CT molecular complexity index is 873. The van der Waals surface area contributed by atoms with Crippen molar-refractivity contribution in [3.8, 4) is 0 Å². The van der Waals surface area contributed by atoms with E-state index in [0.29, 0.717) is 12.3 Å². The molecule has 1 amide bonds. The number of carbonyl (C=O) groups is 1. The Balaban J connectivity index is 1.72. The van der Waals surface area contributed by atoms with Crippen molar-refractivity contribution < 1.29 is 4.79 Å². The summed E-state index contributed by atoms with van der Waals surface area (Å²) in [5.74, 6) is 0.539. The third-order valence-corrected chi connectivity index (χ3v) is 5.36. The lowest BCUT2D eigenvalue weighted by atomic mass is 10.2. The number of rotatable bonds is 7. The largest absolute Gasteiger partial charge is 0.335 e. The predicted molar refractivity (Wildman–Crippen MR) is 108 cm³/mol. The van der Waals surface area contributed by atoms with Crippen LogP contribution in [0.2, 0.25) is 0 Å². The monoisotopic (exact) mass is 367 g/mol. The standard InChI is InChI=1S/C21H25N3OS/c1-4-23-19-13-9-8-12-18(19)22-21(23)26-15-20(25)24(16(2)3)14-17-10-6-5-7-11-17/h5-13,16H,4,14-15H2,1-3H3. The lowest BCUT2D eigenvalue weighted by Crippen LogP contribution is -2.37. The van der Waals surface area contributed by atoms with Crippen LogP contribution >= 0.6 is 11.8 Å². The smallest absolute Gasteiger partial charge is 0.233 e. The number of aromatic nitrogens is 2. The van der Waals surface area contributed by atoms with E-state index in [0.717, 1.165) is 28.3 Å². The van der Waals surface area contributed by atoms with Gasteiger partial charge in [0.05, 0.1) is 16.8 Å². The maximum atomic E-state index is 12.8. The highest BCUT2D eigenvalue weighted by Crippen LogP contribution is 2.24. The second-order valence-corrected chi connectivity index (χ2v) is 7.46. The SMILES string of the molecule is CCn1c(SCC(=O)N(Cc2ccccc2)C(C)C)nc2ccccc21. The first-order chi connectivity index (χ1) is 12.6. The van der Waals surface area contributed by atoms with Gasteiger partial charge >= 0.3 is 0 Å². The van der Waals surface area contributed by atoms with Crippen LogP contribution in [0.3, 0.4) is 0 Å². The molecule has 0 bridgehead atoms. The Morgan fingerprint density at radius 2 is 1.81 bits per heavy atom. The van der Waals surface area contributed by atoms with Gasteiger partial charge in [0, 0.05) is 19.1 Å². The predicted octanol–water partition coefficient (Wildman–Crippen LogP) is 4.59. The third kappa shape index (κ3) is 4.10. The summed E-state index contributed by atoms with van der Waals surface area (Å²) in [4.78, 5) is 19.5. The van der Waals surface area contributed by atoms with Gasteiger partial charge in [-0.15, -0.1) is 0 Å². The van der Waals surface area contributed by atoms with Crippen LogP contribution in [0.15, 0.2) is 59.8 Å². The van der Waals surface area contributed by atoms with E-state index >= 15 is 0 Å². The molecule has 0 radical (unpaired) electrons. The molecule has 0 atom stereocenters. The second-order valence-electron chi connectivity index (χ2n) is 6.52. The highest BCUT2D eigenvalue weighted by Gasteiger charge is 2.19. The molecule has 5 heteroatoms. The number of benzene rings is 2. The summed E-state index contributed by atoms with van der Waals surface area (Å²) in [5, 5.41) is 0.908. The van der Waals surface area contributed by atoms with Crippen LogP contribution in [-0.4, -0.2) is 32.2 Å². The molecular weight excluding hydrogens is 342 g/mol. The summed E-state index contributed by atoms with van der Waals surface area (Å²) >= 11 is 1.52. The highest BCUT2D eigenvalue weighted by molar-refractivity contribution is 7.99. The van der Waals surface area contributed by atoms with Gasteiger partial charge in [0.15, 0.2) is 5.16 Å². The lowest BCUT2D eigenvalue weighted by molar-refractivity contribution is -0.130. The molecule has 136 valence electrons. The molecule has 0 aliphatic rings. The van der Waals surface area contributed by atoms with Crippen LogP contribution in [0.5, 0.6) is 0 Å². The number of thioether (sulfide) groups is 1. The summed E-state index contributed by atoms with van der Waals surface area (Å²) in [6.45, 7) is 7.71. The first-order valence-electron chi connectivity index (χ1n) is 9.01. The highest BCUT2D eigenvalue weighted by atomic mass is 32.2. The van der Waals surface area contributed by atoms with Gasteiger partial charge in [0.1, 0.15) is 0 Å². The Kier molecular flexibility index (Phi) is 5.99. The summed E-state index contributed by atoms with van der Waals surface area (Å²) in [6, 6.07) is 18.4. The number of para-hydroxylation sites is 2. The zero-order valence-electron chi connectivity index (χ0n) is 15.6. The lowest BCUT2D eigenvalue weighted by Gasteiger charge is -2.27. The Labute approximate surface area is 159 Å². The number of fused-ring (bicyclic) bond motifs is 1. The number of carbonyl (C=O) groups excluding carboxylic acids is 1. The van der Waals surface area contributed by atoms with E-state index in [1.807, 2.05) is 41.3 Å². The number of nitrogens with zero attached hydrogens (tertiary/aromatic N) is 3. The maximum absolute atomic E-state index is 12.8. The van der Waals surface area contributed by atoms with E-state index in [9.17, 15) is 4.79 Å². The third-order valence-electron chi connectivity index (χ3n) is 4.40. The quantitative estimate of drug-likeness (QED) is 0.574. The number of amides is 1. The molecular formula is C21H25N3OS. The molecule has 3 rings (SSSR count).